The number of nitrogens with one attached hydrogen (secondary N) is 1. The summed E-state index contributed by atoms with van der Waals surface area (Å²) in [5.74, 6) is 1.00. The predicted molar refractivity (Wildman–Crippen MR) is 108 cm³/mol. The zero-order valence-corrected chi connectivity index (χ0v) is 15.7. The van der Waals surface area contributed by atoms with Gasteiger partial charge in [0.15, 0.2) is 0 Å². The number of benzene rings is 1. The van der Waals surface area contributed by atoms with E-state index in [1.165, 1.54) is 0 Å². The Morgan fingerprint density at radius 3 is 2.81 bits per heavy atom. The second-order valence-corrected chi connectivity index (χ2v) is 7.14. The quantitative estimate of drug-likeness (QED) is 0.534. The van der Waals surface area contributed by atoms with Gasteiger partial charge in [0.1, 0.15) is 10.8 Å². The highest BCUT2D eigenvalue weighted by atomic mass is 32.1. The summed E-state index contributed by atoms with van der Waals surface area (Å²) >= 11 is 1.62. The van der Waals surface area contributed by atoms with Crippen LogP contribution in [0.4, 0.5) is 0 Å². The van der Waals surface area contributed by atoms with Crippen molar-refractivity contribution in [3.8, 4) is 10.6 Å². The Morgan fingerprint density at radius 2 is 1.93 bits per heavy atom. The molecule has 27 heavy (non-hydrogen) atoms. The molecule has 1 N–H and O–H groups in total. The van der Waals surface area contributed by atoms with E-state index in [9.17, 15) is 4.79 Å². The van der Waals surface area contributed by atoms with Crippen molar-refractivity contribution in [1.29, 1.82) is 0 Å². The maximum atomic E-state index is 12.1. The van der Waals surface area contributed by atoms with E-state index in [0.717, 1.165) is 27.6 Å². The Balaban J connectivity index is 1.25. The number of rotatable bonds is 7. The average Bonchev–Trinajstić information content (AvgIpc) is 3.35. The molecule has 0 spiro atoms. The highest BCUT2D eigenvalue weighted by molar-refractivity contribution is 7.13. The number of aromatic nitrogens is 3. The van der Waals surface area contributed by atoms with Gasteiger partial charge in [-0.3, -0.25) is 4.79 Å². The number of pyridine rings is 1. The van der Waals surface area contributed by atoms with Gasteiger partial charge < -0.3 is 9.72 Å². The summed E-state index contributed by atoms with van der Waals surface area (Å²) in [6, 6.07) is 16.1. The van der Waals surface area contributed by atoms with Gasteiger partial charge in [0.05, 0.1) is 17.4 Å². The fourth-order valence-electron chi connectivity index (χ4n) is 2.96. The van der Waals surface area contributed by atoms with Crippen LogP contribution in [-0.4, -0.2) is 26.8 Å². The zero-order chi connectivity index (χ0) is 18.5. The van der Waals surface area contributed by atoms with Gasteiger partial charge >= 0.3 is 0 Å². The van der Waals surface area contributed by atoms with Crippen molar-refractivity contribution in [2.45, 2.75) is 19.3 Å². The van der Waals surface area contributed by atoms with Crippen LogP contribution in [0, 0.1) is 0 Å². The summed E-state index contributed by atoms with van der Waals surface area (Å²) in [6.07, 6.45) is 5.65. The molecule has 5 nitrogen and oxygen atoms in total. The minimum absolute atomic E-state index is 0.0464. The lowest BCUT2D eigenvalue weighted by Crippen LogP contribution is -2.26. The fourth-order valence-corrected chi connectivity index (χ4v) is 3.82. The first-order valence-electron chi connectivity index (χ1n) is 8.97. The van der Waals surface area contributed by atoms with E-state index in [0.29, 0.717) is 25.8 Å². The van der Waals surface area contributed by atoms with Gasteiger partial charge in [-0.2, -0.15) is 0 Å². The molecule has 4 aromatic rings. The van der Waals surface area contributed by atoms with Gasteiger partial charge in [-0.15, -0.1) is 11.3 Å². The van der Waals surface area contributed by atoms with Gasteiger partial charge in [0.25, 0.3) is 0 Å². The topological polar surface area (TPSA) is 59.3 Å². The number of hydrogen-bond donors (Lipinski definition) is 1. The van der Waals surface area contributed by atoms with Gasteiger partial charge in [-0.1, -0.05) is 36.4 Å². The summed E-state index contributed by atoms with van der Waals surface area (Å²) in [4.78, 5) is 21.2. The summed E-state index contributed by atoms with van der Waals surface area (Å²) in [5, 5.41) is 6.01. The normalized spacial score (nSPS) is 11.0. The third-order valence-corrected chi connectivity index (χ3v) is 5.31. The van der Waals surface area contributed by atoms with Crippen LogP contribution in [0.5, 0.6) is 0 Å². The number of aryl methyl sites for hydroxylation is 1. The molecule has 0 aliphatic heterocycles. The Kier molecular flexibility index (Phi) is 5.25. The molecule has 0 aliphatic carbocycles. The first kappa shape index (κ1) is 17.4. The molecule has 0 unspecified atom stereocenters. The van der Waals surface area contributed by atoms with Crippen LogP contribution in [-0.2, 0) is 17.6 Å². The van der Waals surface area contributed by atoms with Crippen molar-refractivity contribution in [3.63, 3.8) is 0 Å². The number of fused-ring (bicyclic) bond motifs is 1. The highest BCUT2D eigenvalue weighted by Crippen LogP contribution is 2.23. The zero-order valence-electron chi connectivity index (χ0n) is 14.8. The number of hydrogen-bond acceptors (Lipinski definition) is 4. The first-order valence-corrected chi connectivity index (χ1v) is 9.85. The fraction of sp³-hybridized carbons (Fsp3) is 0.190. The lowest BCUT2D eigenvalue weighted by atomic mass is 10.2. The van der Waals surface area contributed by atoms with Gasteiger partial charge in [-0.05, 0) is 18.6 Å². The number of nitrogens with zero attached hydrogens (tertiary/aromatic N) is 3. The molecule has 0 aliphatic rings. The van der Waals surface area contributed by atoms with Gasteiger partial charge in [-0.25, -0.2) is 9.97 Å². The number of thiazole rings is 1. The molecule has 0 saturated heterocycles. The molecule has 136 valence electrons. The molecule has 6 heteroatoms. The highest BCUT2D eigenvalue weighted by Gasteiger charge is 2.08. The summed E-state index contributed by atoms with van der Waals surface area (Å²) < 4.78 is 2.05. The smallest absolute Gasteiger partial charge is 0.220 e. The number of amides is 1. The van der Waals surface area contributed by atoms with E-state index < -0.39 is 0 Å². The Hall–Kier alpha value is -2.99. The third-order valence-electron chi connectivity index (χ3n) is 4.37. The third kappa shape index (κ3) is 4.23. The standard InChI is InChI=1S/C21H20N4OS/c26-20(22-12-11-19-23-14-18-8-4-5-13-25(18)19)10-9-17-15-27-21(24-17)16-6-2-1-3-7-16/h1-8,13-15H,9-12H2,(H,22,26). The summed E-state index contributed by atoms with van der Waals surface area (Å²) in [5.41, 5.74) is 3.15. The molecule has 3 heterocycles. The van der Waals surface area contributed by atoms with E-state index in [1.54, 1.807) is 11.3 Å². The van der Waals surface area contributed by atoms with Crippen molar-refractivity contribution >= 4 is 22.8 Å². The van der Waals surface area contributed by atoms with Crippen molar-refractivity contribution in [3.05, 3.63) is 77.8 Å². The van der Waals surface area contributed by atoms with Crippen LogP contribution in [0.25, 0.3) is 16.1 Å². The monoisotopic (exact) mass is 376 g/mol. The van der Waals surface area contributed by atoms with Gasteiger partial charge in [0, 0.05) is 36.5 Å². The average molecular weight is 376 g/mol. The Morgan fingerprint density at radius 1 is 1.07 bits per heavy atom. The molecule has 4 rings (SSSR count). The molecule has 1 amide bonds. The lowest BCUT2D eigenvalue weighted by molar-refractivity contribution is -0.121. The van der Waals surface area contributed by atoms with E-state index in [-0.39, 0.29) is 5.91 Å². The van der Waals surface area contributed by atoms with Crippen LogP contribution in [0.1, 0.15) is 17.9 Å². The van der Waals surface area contributed by atoms with E-state index in [2.05, 4.69) is 27.4 Å². The molecule has 1 aromatic carbocycles. The minimum atomic E-state index is 0.0464. The number of carbonyl (C=O) groups is 1. The molecular formula is C21H20N4OS. The van der Waals surface area contributed by atoms with E-state index in [4.69, 9.17) is 0 Å². The van der Waals surface area contributed by atoms with Crippen molar-refractivity contribution in [2.24, 2.45) is 0 Å². The molecule has 0 fully saturated rings. The summed E-state index contributed by atoms with van der Waals surface area (Å²) in [6.45, 7) is 0.583. The Bertz CT molecular complexity index is 1040. The number of carbonyl (C=O) groups excluding carboxylic acids is 1. The van der Waals surface area contributed by atoms with Gasteiger partial charge in [0.2, 0.25) is 5.91 Å². The van der Waals surface area contributed by atoms with Crippen LogP contribution >= 0.6 is 11.3 Å². The Labute approximate surface area is 161 Å². The SMILES string of the molecule is O=C(CCc1csc(-c2ccccc2)n1)NCCc1ncc2ccccn12. The summed E-state index contributed by atoms with van der Waals surface area (Å²) in [7, 11) is 0. The second-order valence-electron chi connectivity index (χ2n) is 6.28. The van der Waals surface area contributed by atoms with Crippen LogP contribution in [0.3, 0.4) is 0 Å². The molecular weight excluding hydrogens is 356 g/mol. The molecule has 0 atom stereocenters. The first-order chi connectivity index (χ1) is 13.3. The minimum Gasteiger partial charge on any atom is -0.356 e. The second kappa shape index (κ2) is 8.14. The maximum Gasteiger partial charge on any atom is 0.220 e. The van der Waals surface area contributed by atoms with E-state index >= 15 is 0 Å². The van der Waals surface area contributed by atoms with Crippen molar-refractivity contribution in [1.82, 2.24) is 19.7 Å². The van der Waals surface area contributed by atoms with Crippen LogP contribution in [0.2, 0.25) is 0 Å². The van der Waals surface area contributed by atoms with E-state index in [1.807, 2.05) is 58.6 Å². The number of imidazole rings is 1. The van der Waals surface area contributed by atoms with Crippen LogP contribution < -0.4 is 5.32 Å². The predicted octanol–water partition coefficient (Wildman–Crippen LogP) is 3.75. The largest absolute Gasteiger partial charge is 0.356 e. The molecule has 0 radical (unpaired) electrons. The molecule has 0 saturated carbocycles. The van der Waals surface area contributed by atoms with Crippen molar-refractivity contribution in [2.75, 3.05) is 6.54 Å². The lowest BCUT2D eigenvalue weighted by Gasteiger charge is -2.04. The van der Waals surface area contributed by atoms with Crippen LogP contribution in [0.15, 0.2) is 66.3 Å². The molecule has 0 bridgehead atoms. The van der Waals surface area contributed by atoms with Crippen molar-refractivity contribution < 1.29 is 4.79 Å². The maximum absolute atomic E-state index is 12.1. The molecule has 3 aromatic heterocycles.